The molecule has 142 valence electrons. The molecule has 0 saturated carbocycles. The number of benzene rings is 1. The summed E-state index contributed by atoms with van der Waals surface area (Å²) in [4.78, 5) is 29.6. The number of carbonyl (C=O) groups is 1. The Balaban J connectivity index is 1.72. The summed E-state index contributed by atoms with van der Waals surface area (Å²) in [6, 6.07) is 9.64. The van der Waals surface area contributed by atoms with Gasteiger partial charge in [-0.05, 0) is 41.8 Å². The molecular weight excluding hydrogens is 381 g/mol. The maximum atomic E-state index is 14.8. The third-order valence-electron chi connectivity index (χ3n) is 4.95. The molecule has 1 aliphatic heterocycles. The van der Waals surface area contributed by atoms with Crippen LogP contribution in [0.15, 0.2) is 53.6 Å². The first-order valence-electron chi connectivity index (χ1n) is 8.82. The summed E-state index contributed by atoms with van der Waals surface area (Å²) in [5.74, 6) is -0.442. The minimum atomic E-state index is -0.422. The van der Waals surface area contributed by atoms with E-state index in [1.54, 1.807) is 43.7 Å². The van der Waals surface area contributed by atoms with Crippen molar-refractivity contribution in [2.45, 2.75) is 19.4 Å². The van der Waals surface area contributed by atoms with E-state index < -0.39 is 5.82 Å². The van der Waals surface area contributed by atoms with E-state index in [0.29, 0.717) is 34.8 Å². The smallest absolute Gasteiger partial charge is 0.251 e. The van der Waals surface area contributed by atoms with Crippen LogP contribution >= 0.6 is 11.6 Å². The van der Waals surface area contributed by atoms with Gasteiger partial charge in [-0.1, -0.05) is 17.7 Å². The molecule has 0 bridgehead atoms. The summed E-state index contributed by atoms with van der Waals surface area (Å²) < 4.78 is 16.2. The average Bonchev–Trinajstić information content (AvgIpc) is 2.68. The molecule has 3 aromatic rings. The van der Waals surface area contributed by atoms with Crippen molar-refractivity contribution in [1.29, 1.82) is 0 Å². The summed E-state index contributed by atoms with van der Waals surface area (Å²) in [5, 5.41) is 0.325. The first-order chi connectivity index (χ1) is 13.4. The zero-order chi connectivity index (χ0) is 19.8. The van der Waals surface area contributed by atoms with Gasteiger partial charge in [0.1, 0.15) is 11.0 Å². The predicted molar refractivity (Wildman–Crippen MR) is 106 cm³/mol. The second kappa shape index (κ2) is 7.20. The van der Waals surface area contributed by atoms with E-state index in [4.69, 9.17) is 11.6 Å². The molecule has 28 heavy (non-hydrogen) atoms. The Morgan fingerprint density at radius 1 is 1.14 bits per heavy atom. The molecule has 1 aliphatic rings. The maximum Gasteiger partial charge on any atom is 0.251 e. The lowest BCUT2D eigenvalue weighted by molar-refractivity contribution is -0.118. The Morgan fingerprint density at radius 3 is 2.75 bits per heavy atom. The third-order valence-corrected chi connectivity index (χ3v) is 5.29. The van der Waals surface area contributed by atoms with Crippen LogP contribution in [0.1, 0.15) is 17.5 Å². The van der Waals surface area contributed by atoms with Crippen molar-refractivity contribution in [3.8, 4) is 11.1 Å². The molecule has 1 amide bonds. The number of rotatable bonds is 3. The molecule has 0 spiro atoms. The molecule has 0 saturated heterocycles. The van der Waals surface area contributed by atoms with Gasteiger partial charge in [0.15, 0.2) is 0 Å². The number of hydrogen-bond acceptors (Lipinski definition) is 3. The molecule has 0 fully saturated rings. The molecule has 0 atom stereocenters. The molecule has 2 aromatic heterocycles. The zero-order valence-corrected chi connectivity index (χ0v) is 15.9. The van der Waals surface area contributed by atoms with Gasteiger partial charge in [-0.2, -0.15) is 0 Å². The molecule has 7 heteroatoms. The zero-order valence-electron chi connectivity index (χ0n) is 15.2. The SMILES string of the molecule is CN1C(=O)CCc2cc(-c3cncc(Cn4c(Cl)cccc4=O)c3)c(F)cc21. The molecule has 1 aromatic carbocycles. The van der Waals surface area contributed by atoms with Gasteiger partial charge in [0.05, 0.1) is 6.54 Å². The number of carbonyl (C=O) groups excluding carboxylic acids is 1. The van der Waals surface area contributed by atoms with Gasteiger partial charge < -0.3 is 4.90 Å². The Morgan fingerprint density at radius 2 is 1.96 bits per heavy atom. The summed E-state index contributed by atoms with van der Waals surface area (Å²) in [6.45, 7) is 0.239. The summed E-state index contributed by atoms with van der Waals surface area (Å²) in [6.07, 6.45) is 4.19. The van der Waals surface area contributed by atoms with Crippen molar-refractivity contribution >= 4 is 23.2 Å². The predicted octanol–water partition coefficient (Wildman–Crippen LogP) is 3.66. The fourth-order valence-electron chi connectivity index (χ4n) is 3.44. The van der Waals surface area contributed by atoms with Crippen LogP contribution in [-0.2, 0) is 17.8 Å². The van der Waals surface area contributed by atoms with Crippen molar-refractivity contribution in [3.05, 3.63) is 81.2 Å². The van der Waals surface area contributed by atoms with Gasteiger partial charge in [0, 0.05) is 48.7 Å². The van der Waals surface area contributed by atoms with Crippen molar-refractivity contribution in [2.24, 2.45) is 0 Å². The van der Waals surface area contributed by atoms with Crippen LogP contribution in [0.2, 0.25) is 5.15 Å². The van der Waals surface area contributed by atoms with Crippen LogP contribution in [0.25, 0.3) is 11.1 Å². The lowest BCUT2D eigenvalue weighted by Crippen LogP contribution is -2.31. The number of fused-ring (bicyclic) bond motifs is 1. The van der Waals surface area contributed by atoms with Crippen molar-refractivity contribution in [3.63, 3.8) is 0 Å². The molecule has 3 heterocycles. The van der Waals surface area contributed by atoms with Crippen molar-refractivity contribution in [1.82, 2.24) is 9.55 Å². The standard InChI is InChI=1S/C21H17ClFN3O2/c1-25-18-9-17(23)16(8-14(18)5-6-20(25)27)15-7-13(10-24-11-15)12-26-19(22)3-2-4-21(26)28/h2-4,7-11H,5-6,12H2,1H3. The largest absolute Gasteiger partial charge is 0.315 e. The van der Waals surface area contributed by atoms with E-state index >= 15 is 0 Å². The Bertz CT molecular complexity index is 1140. The monoisotopic (exact) mass is 397 g/mol. The molecular formula is C21H17ClFN3O2. The van der Waals surface area contributed by atoms with Gasteiger partial charge in [-0.25, -0.2) is 4.39 Å². The summed E-state index contributed by atoms with van der Waals surface area (Å²) >= 11 is 6.12. The lowest BCUT2D eigenvalue weighted by Gasteiger charge is -2.26. The van der Waals surface area contributed by atoms with E-state index in [-0.39, 0.29) is 18.0 Å². The quantitative estimate of drug-likeness (QED) is 0.634. The minimum Gasteiger partial charge on any atom is -0.315 e. The highest BCUT2D eigenvalue weighted by molar-refractivity contribution is 6.29. The number of pyridine rings is 2. The fraction of sp³-hybridized carbons (Fsp3) is 0.190. The van der Waals surface area contributed by atoms with E-state index in [1.807, 2.05) is 0 Å². The Hall–Kier alpha value is -2.99. The highest BCUT2D eigenvalue weighted by atomic mass is 35.5. The van der Waals surface area contributed by atoms with Crippen LogP contribution in [-0.4, -0.2) is 22.5 Å². The third kappa shape index (κ3) is 3.31. The first kappa shape index (κ1) is 18.4. The second-order valence-electron chi connectivity index (χ2n) is 6.77. The number of amides is 1. The van der Waals surface area contributed by atoms with Crippen LogP contribution < -0.4 is 10.5 Å². The average molecular weight is 398 g/mol. The fourth-order valence-corrected chi connectivity index (χ4v) is 3.65. The van der Waals surface area contributed by atoms with Crippen LogP contribution in [0, 0.1) is 5.82 Å². The second-order valence-corrected chi connectivity index (χ2v) is 7.16. The molecule has 0 radical (unpaired) electrons. The molecule has 0 N–H and O–H groups in total. The molecule has 0 aliphatic carbocycles. The lowest BCUT2D eigenvalue weighted by atomic mass is 9.96. The number of anilines is 1. The van der Waals surface area contributed by atoms with Crippen molar-refractivity contribution in [2.75, 3.05) is 11.9 Å². The van der Waals surface area contributed by atoms with Gasteiger partial charge in [0.25, 0.3) is 5.56 Å². The van der Waals surface area contributed by atoms with E-state index in [9.17, 15) is 14.0 Å². The normalized spacial score (nSPS) is 13.5. The van der Waals surface area contributed by atoms with Gasteiger partial charge >= 0.3 is 0 Å². The number of aromatic nitrogens is 2. The molecule has 4 rings (SSSR count). The van der Waals surface area contributed by atoms with E-state index in [0.717, 1.165) is 11.1 Å². The first-order valence-corrected chi connectivity index (χ1v) is 9.20. The minimum absolute atomic E-state index is 0.0199. The highest BCUT2D eigenvalue weighted by Gasteiger charge is 2.23. The molecule has 0 unspecified atom stereocenters. The number of aryl methyl sites for hydroxylation is 1. The Kier molecular flexibility index (Phi) is 4.73. The van der Waals surface area contributed by atoms with Crippen LogP contribution in [0.4, 0.5) is 10.1 Å². The highest BCUT2D eigenvalue weighted by Crippen LogP contribution is 2.33. The van der Waals surface area contributed by atoms with Crippen LogP contribution in [0.5, 0.6) is 0 Å². The number of nitrogens with zero attached hydrogens (tertiary/aromatic N) is 3. The molecule has 5 nitrogen and oxygen atoms in total. The van der Waals surface area contributed by atoms with E-state index in [1.165, 1.54) is 21.6 Å². The Labute approximate surface area is 166 Å². The van der Waals surface area contributed by atoms with Gasteiger partial charge in [-0.3, -0.25) is 19.1 Å². The summed E-state index contributed by atoms with van der Waals surface area (Å²) in [5.41, 5.74) is 3.07. The summed E-state index contributed by atoms with van der Waals surface area (Å²) in [7, 11) is 1.66. The number of halogens is 2. The topological polar surface area (TPSA) is 55.2 Å². The van der Waals surface area contributed by atoms with E-state index in [2.05, 4.69) is 4.98 Å². The number of hydrogen-bond donors (Lipinski definition) is 0. The van der Waals surface area contributed by atoms with Gasteiger partial charge in [0.2, 0.25) is 5.91 Å². The maximum absolute atomic E-state index is 14.8. The van der Waals surface area contributed by atoms with Gasteiger partial charge in [-0.15, -0.1) is 0 Å². The van der Waals surface area contributed by atoms with Crippen molar-refractivity contribution < 1.29 is 9.18 Å². The van der Waals surface area contributed by atoms with Crippen LogP contribution in [0.3, 0.4) is 0 Å².